The number of hydrogen-bond acceptors (Lipinski definition) is 4. The molecule has 1 aliphatic carbocycles. The molecule has 0 atom stereocenters. The van der Waals surface area contributed by atoms with Gasteiger partial charge in [-0.05, 0) is 43.4 Å². The molecule has 2 fully saturated rings. The van der Waals surface area contributed by atoms with Gasteiger partial charge in [0.25, 0.3) is 0 Å². The number of nitrogens with zero attached hydrogens (tertiary/aromatic N) is 2. The van der Waals surface area contributed by atoms with E-state index in [1.165, 1.54) is 23.5 Å². The van der Waals surface area contributed by atoms with E-state index in [0.29, 0.717) is 37.5 Å². The molecule has 2 amide bonds. The van der Waals surface area contributed by atoms with E-state index in [9.17, 15) is 14.0 Å². The standard InChI is InChI=1S/C20H22FN3O2S/c21-16-5-1-13(2-6-16)11-17-12-22-20(27-17)23-18(25)14-7-9-24(10-8-14)19(26)15-3-4-15/h1-2,5-6,12,14-15H,3-4,7-11H2,(H,22,23,25). The Morgan fingerprint density at radius 1 is 1.11 bits per heavy atom. The van der Waals surface area contributed by atoms with Gasteiger partial charge in [0.2, 0.25) is 11.8 Å². The summed E-state index contributed by atoms with van der Waals surface area (Å²) >= 11 is 1.44. The molecule has 0 radical (unpaired) electrons. The van der Waals surface area contributed by atoms with Gasteiger partial charge >= 0.3 is 0 Å². The highest BCUT2D eigenvalue weighted by Gasteiger charge is 2.36. The van der Waals surface area contributed by atoms with Gasteiger partial charge in [0, 0.05) is 42.4 Å². The van der Waals surface area contributed by atoms with Crippen LogP contribution in [0.25, 0.3) is 0 Å². The van der Waals surface area contributed by atoms with Crippen LogP contribution in [0, 0.1) is 17.7 Å². The summed E-state index contributed by atoms with van der Waals surface area (Å²) in [5, 5.41) is 3.50. The van der Waals surface area contributed by atoms with Gasteiger partial charge in [-0.1, -0.05) is 12.1 Å². The first-order chi connectivity index (χ1) is 13.1. The summed E-state index contributed by atoms with van der Waals surface area (Å²) in [4.78, 5) is 31.8. The highest BCUT2D eigenvalue weighted by atomic mass is 32.1. The normalized spacial score (nSPS) is 17.7. The van der Waals surface area contributed by atoms with Crippen molar-refractivity contribution in [3.8, 4) is 0 Å². The van der Waals surface area contributed by atoms with Crippen LogP contribution in [0.5, 0.6) is 0 Å². The van der Waals surface area contributed by atoms with E-state index < -0.39 is 0 Å². The summed E-state index contributed by atoms with van der Waals surface area (Å²) in [6.45, 7) is 1.34. The number of amides is 2. The van der Waals surface area contributed by atoms with E-state index in [2.05, 4.69) is 10.3 Å². The molecule has 0 spiro atoms. The van der Waals surface area contributed by atoms with Crippen LogP contribution >= 0.6 is 11.3 Å². The maximum Gasteiger partial charge on any atom is 0.229 e. The molecule has 0 unspecified atom stereocenters. The van der Waals surface area contributed by atoms with Crippen LogP contribution in [0.2, 0.25) is 0 Å². The first-order valence-corrected chi connectivity index (χ1v) is 10.2. The molecule has 1 saturated carbocycles. The number of benzene rings is 1. The maximum absolute atomic E-state index is 13.0. The minimum atomic E-state index is -0.249. The fourth-order valence-corrected chi connectivity index (χ4v) is 4.26. The van der Waals surface area contributed by atoms with E-state index in [4.69, 9.17) is 0 Å². The zero-order chi connectivity index (χ0) is 18.8. The first-order valence-electron chi connectivity index (χ1n) is 9.37. The number of rotatable bonds is 5. The molecule has 2 aromatic rings. The van der Waals surface area contributed by atoms with E-state index >= 15 is 0 Å². The summed E-state index contributed by atoms with van der Waals surface area (Å²) in [6, 6.07) is 6.40. The number of carbonyl (C=O) groups excluding carboxylic acids is 2. The lowest BCUT2D eigenvalue weighted by atomic mass is 9.95. The molecule has 27 heavy (non-hydrogen) atoms. The van der Waals surface area contributed by atoms with Gasteiger partial charge in [-0.25, -0.2) is 9.37 Å². The Bertz CT molecular complexity index is 824. The smallest absolute Gasteiger partial charge is 0.229 e. The lowest BCUT2D eigenvalue weighted by molar-refractivity contribution is -0.135. The van der Waals surface area contributed by atoms with Crippen molar-refractivity contribution >= 4 is 28.3 Å². The van der Waals surface area contributed by atoms with Gasteiger partial charge < -0.3 is 10.2 Å². The molecule has 4 rings (SSSR count). The fourth-order valence-electron chi connectivity index (χ4n) is 3.41. The van der Waals surface area contributed by atoms with Crippen LogP contribution in [-0.2, 0) is 16.0 Å². The molecule has 1 aliphatic heterocycles. The predicted octanol–water partition coefficient (Wildman–Crippen LogP) is 3.46. The van der Waals surface area contributed by atoms with Crippen LogP contribution in [0.15, 0.2) is 30.5 Å². The second-order valence-corrected chi connectivity index (χ2v) is 8.41. The van der Waals surface area contributed by atoms with Crippen LogP contribution < -0.4 is 5.32 Å². The number of hydrogen-bond donors (Lipinski definition) is 1. The highest BCUT2D eigenvalue weighted by Crippen LogP contribution is 2.32. The molecule has 5 nitrogen and oxygen atoms in total. The minimum Gasteiger partial charge on any atom is -0.342 e. The topological polar surface area (TPSA) is 62.3 Å². The van der Waals surface area contributed by atoms with Crippen LogP contribution in [0.4, 0.5) is 9.52 Å². The van der Waals surface area contributed by atoms with Crippen molar-refractivity contribution in [3.05, 3.63) is 46.7 Å². The quantitative estimate of drug-likeness (QED) is 0.855. The molecule has 142 valence electrons. The molecule has 1 aromatic carbocycles. The van der Waals surface area contributed by atoms with Gasteiger partial charge in [-0.2, -0.15) is 0 Å². The third kappa shape index (κ3) is 4.53. The highest BCUT2D eigenvalue weighted by molar-refractivity contribution is 7.15. The summed E-state index contributed by atoms with van der Waals surface area (Å²) in [5.41, 5.74) is 1.01. The Morgan fingerprint density at radius 2 is 1.81 bits per heavy atom. The number of aromatic nitrogens is 1. The van der Waals surface area contributed by atoms with Crippen molar-refractivity contribution in [2.45, 2.75) is 32.1 Å². The van der Waals surface area contributed by atoms with Gasteiger partial charge in [0.1, 0.15) is 5.82 Å². The molecule has 2 heterocycles. The predicted molar refractivity (Wildman–Crippen MR) is 102 cm³/mol. The van der Waals surface area contributed by atoms with Crippen LogP contribution in [0.1, 0.15) is 36.1 Å². The summed E-state index contributed by atoms with van der Waals surface area (Å²) in [5.74, 6) is 0.166. The third-order valence-corrected chi connectivity index (χ3v) is 6.09. The fraction of sp³-hybridized carbons (Fsp3) is 0.450. The maximum atomic E-state index is 13.0. The SMILES string of the molecule is O=C(Nc1ncc(Cc2ccc(F)cc2)s1)C1CCN(C(=O)C2CC2)CC1. The Labute approximate surface area is 161 Å². The van der Waals surface area contributed by atoms with Gasteiger partial charge in [0.15, 0.2) is 5.13 Å². The lowest BCUT2D eigenvalue weighted by Gasteiger charge is -2.31. The van der Waals surface area contributed by atoms with Crippen molar-refractivity contribution < 1.29 is 14.0 Å². The summed E-state index contributed by atoms with van der Waals surface area (Å²) in [6.07, 6.45) is 5.86. The molecule has 7 heteroatoms. The average Bonchev–Trinajstić information content (AvgIpc) is 3.44. The average molecular weight is 387 g/mol. The second kappa shape index (κ2) is 7.76. The number of anilines is 1. The minimum absolute atomic E-state index is 0.0174. The van der Waals surface area contributed by atoms with Crippen molar-refractivity contribution in [1.82, 2.24) is 9.88 Å². The van der Waals surface area contributed by atoms with Gasteiger partial charge in [-0.15, -0.1) is 11.3 Å². The number of likely N-dealkylation sites (tertiary alicyclic amines) is 1. The van der Waals surface area contributed by atoms with Crippen LogP contribution in [-0.4, -0.2) is 34.8 Å². The van der Waals surface area contributed by atoms with Crippen molar-refractivity contribution in [2.75, 3.05) is 18.4 Å². The van der Waals surface area contributed by atoms with E-state index in [-0.39, 0.29) is 29.5 Å². The summed E-state index contributed by atoms with van der Waals surface area (Å²) < 4.78 is 13.0. The second-order valence-electron chi connectivity index (χ2n) is 7.30. The van der Waals surface area contributed by atoms with E-state index in [0.717, 1.165) is 23.3 Å². The Kier molecular flexibility index (Phi) is 5.20. The first kappa shape index (κ1) is 18.1. The van der Waals surface area contributed by atoms with Gasteiger partial charge in [0.05, 0.1) is 0 Å². The Hall–Kier alpha value is -2.28. The largest absolute Gasteiger partial charge is 0.342 e. The van der Waals surface area contributed by atoms with Gasteiger partial charge in [-0.3, -0.25) is 9.59 Å². The molecule has 1 saturated heterocycles. The Morgan fingerprint density at radius 3 is 2.48 bits per heavy atom. The molecule has 1 aromatic heterocycles. The van der Waals surface area contributed by atoms with Crippen molar-refractivity contribution in [3.63, 3.8) is 0 Å². The Balaban J connectivity index is 1.28. The van der Waals surface area contributed by atoms with Crippen molar-refractivity contribution in [2.24, 2.45) is 11.8 Å². The molecule has 1 N–H and O–H groups in total. The molecule has 0 bridgehead atoms. The van der Waals surface area contributed by atoms with Crippen molar-refractivity contribution in [1.29, 1.82) is 0 Å². The van der Waals surface area contributed by atoms with E-state index in [1.54, 1.807) is 18.3 Å². The molecular weight excluding hydrogens is 365 g/mol. The number of piperidine rings is 1. The molecular formula is C20H22FN3O2S. The number of carbonyl (C=O) groups is 2. The number of halogens is 1. The monoisotopic (exact) mass is 387 g/mol. The lowest BCUT2D eigenvalue weighted by Crippen LogP contribution is -2.42. The van der Waals surface area contributed by atoms with E-state index in [1.807, 2.05) is 4.90 Å². The number of thiazole rings is 1. The number of nitrogens with one attached hydrogen (secondary N) is 1. The summed E-state index contributed by atoms with van der Waals surface area (Å²) in [7, 11) is 0. The zero-order valence-electron chi connectivity index (χ0n) is 15.0. The third-order valence-electron chi connectivity index (χ3n) is 5.18. The van der Waals surface area contributed by atoms with Crippen LogP contribution in [0.3, 0.4) is 0 Å². The molecule has 2 aliphatic rings. The zero-order valence-corrected chi connectivity index (χ0v) is 15.8.